The Kier molecular flexibility index (Phi) is 3.19. The SMILES string of the molecule is Cl.Cl.[CH3][Zr]([CH3])([CH3])([CH3])([CH3])(=[SiH2])([C]1=CC=CC1)[c]1ccc[nH]1. The summed E-state index contributed by atoms with van der Waals surface area (Å²) in [5.41, 5.74) is 0. The van der Waals surface area contributed by atoms with Crippen LogP contribution in [0.25, 0.3) is 0 Å². The molecule has 1 aliphatic carbocycles. The van der Waals surface area contributed by atoms with Crippen molar-refractivity contribution >= 4 is 35.1 Å². The molecule has 0 aliphatic heterocycles. The second-order valence-corrected chi connectivity index (χ2v) is 88.1. The molecule has 19 heavy (non-hydrogen) atoms. The van der Waals surface area contributed by atoms with Crippen LogP contribution in [-0.4, -0.2) is 11.9 Å². The molecule has 111 valence electrons. The molecule has 0 atom stereocenters. The fourth-order valence-electron chi connectivity index (χ4n) is 3.07. The summed E-state index contributed by atoms with van der Waals surface area (Å²) in [5, 5.41) is 0. The third-order valence-electron chi connectivity index (χ3n) is 5.03. The summed E-state index contributed by atoms with van der Waals surface area (Å²) in [4.78, 5) is 3.53. The van der Waals surface area contributed by atoms with Crippen molar-refractivity contribution in [1.29, 1.82) is 0 Å². The number of hydrogen-bond donors (Lipinski definition) is 1. The quantitative estimate of drug-likeness (QED) is 0.708. The first-order valence-corrected chi connectivity index (χ1v) is 27.2. The Balaban J connectivity index is 0.00000162. The average molecular weight is 401 g/mol. The molecule has 0 fully saturated rings. The van der Waals surface area contributed by atoms with Gasteiger partial charge in [-0.05, 0) is 0 Å². The molecule has 0 saturated carbocycles. The number of aromatic nitrogens is 1. The third-order valence-corrected chi connectivity index (χ3v) is 29.7. The van der Waals surface area contributed by atoms with Crippen LogP contribution in [0.1, 0.15) is 6.42 Å². The van der Waals surface area contributed by atoms with E-state index in [1.807, 2.05) is 0 Å². The molecule has 0 saturated heterocycles. The van der Waals surface area contributed by atoms with Crippen LogP contribution >= 0.6 is 24.8 Å². The van der Waals surface area contributed by atoms with Crippen LogP contribution < -0.4 is 3.40 Å². The topological polar surface area (TPSA) is 15.8 Å². The molecular weight excluding hydrogens is 372 g/mol. The van der Waals surface area contributed by atoms with Gasteiger partial charge in [0.1, 0.15) is 0 Å². The molecule has 1 aromatic heterocycles. The zero-order chi connectivity index (χ0) is 13.2. The Labute approximate surface area is 121 Å². The molecule has 1 aliphatic rings. The fraction of sp³-hybridized carbons (Fsp3) is 0.429. The summed E-state index contributed by atoms with van der Waals surface area (Å²) in [6.07, 6.45) is 9.98. The van der Waals surface area contributed by atoms with Crippen molar-refractivity contribution in [3.63, 3.8) is 0 Å². The van der Waals surface area contributed by atoms with Crippen molar-refractivity contribution < 1.29 is 12.9 Å². The minimum absolute atomic E-state index is 0. The van der Waals surface area contributed by atoms with Crippen molar-refractivity contribution in [2.75, 3.05) is 0 Å². The molecule has 0 aromatic carbocycles. The van der Waals surface area contributed by atoms with Crippen molar-refractivity contribution in [2.45, 2.75) is 29.6 Å². The van der Waals surface area contributed by atoms with E-state index < -0.39 is 12.9 Å². The maximum absolute atomic E-state index is 4.44. The van der Waals surface area contributed by atoms with Crippen LogP contribution in [0.5, 0.6) is 0 Å². The van der Waals surface area contributed by atoms with E-state index in [2.05, 4.69) is 71.6 Å². The predicted octanol–water partition coefficient (Wildman–Crippen LogP) is 4.41. The zero-order valence-electron chi connectivity index (χ0n) is 12.7. The Morgan fingerprint density at radius 3 is 2.05 bits per heavy atom. The van der Waals surface area contributed by atoms with Crippen LogP contribution in [0.4, 0.5) is 0 Å². The summed E-state index contributed by atoms with van der Waals surface area (Å²) in [7, 11) is 0. The Hall–Kier alpha value is 0.440. The number of aromatic amines is 1. The van der Waals surface area contributed by atoms with E-state index in [1.165, 1.54) is 3.40 Å². The summed E-state index contributed by atoms with van der Waals surface area (Å²) in [6, 6.07) is 4.40. The first kappa shape index (κ1) is 19.4. The first-order valence-electron chi connectivity index (χ1n) is 6.56. The normalized spacial score (nSPS) is 22.7. The van der Waals surface area contributed by atoms with E-state index >= 15 is 0 Å². The monoisotopic (exact) mass is 398 g/mol. The van der Waals surface area contributed by atoms with Crippen LogP contribution in [-0.2, 0) is 12.9 Å². The third kappa shape index (κ3) is 2.77. The zero-order valence-corrected chi connectivity index (χ0v) is 18.2. The summed E-state index contributed by atoms with van der Waals surface area (Å²) < 4.78 is 15.7. The predicted molar refractivity (Wildman–Crippen MR) is 94.6 cm³/mol. The van der Waals surface area contributed by atoms with E-state index in [9.17, 15) is 0 Å². The molecule has 1 N–H and O–H groups in total. The van der Waals surface area contributed by atoms with Crippen LogP contribution in [0.15, 0.2) is 39.8 Å². The molecule has 0 unspecified atom stereocenters. The van der Waals surface area contributed by atoms with Crippen molar-refractivity contribution in [3.8, 4) is 0 Å². The maximum atomic E-state index is 3.53. The molecular formula is C14H28Cl2NSiZr. The molecule has 2 rings (SSSR count). The Morgan fingerprint density at radius 2 is 1.68 bits per heavy atom. The minimum atomic E-state index is -4.44. The van der Waals surface area contributed by atoms with Crippen LogP contribution in [0, 0.1) is 0 Å². The molecule has 0 radical (unpaired) electrons. The number of hydrogen-bond acceptors (Lipinski definition) is 0. The van der Waals surface area contributed by atoms with Gasteiger partial charge in [-0.25, -0.2) is 0 Å². The Morgan fingerprint density at radius 1 is 1.11 bits per heavy atom. The van der Waals surface area contributed by atoms with Gasteiger partial charge in [0.15, 0.2) is 0 Å². The van der Waals surface area contributed by atoms with Crippen molar-refractivity contribution in [3.05, 3.63) is 39.8 Å². The van der Waals surface area contributed by atoms with E-state index in [1.54, 1.807) is 3.28 Å². The molecule has 0 amide bonds. The average Bonchev–Trinajstić information content (AvgIpc) is 2.76. The van der Waals surface area contributed by atoms with Gasteiger partial charge in [-0.1, -0.05) is 0 Å². The van der Waals surface area contributed by atoms with Crippen LogP contribution in [0.3, 0.4) is 0 Å². The van der Waals surface area contributed by atoms with Crippen LogP contribution in [0.2, 0.25) is 23.2 Å². The van der Waals surface area contributed by atoms with Gasteiger partial charge in [0.05, 0.1) is 0 Å². The van der Waals surface area contributed by atoms with Gasteiger partial charge in [0.25, 0.3) is 0 Å². The number of rotatable bonds is 2. The van der Waals surface area contributed by atoms with E-state index in [0.717, 1.165) is 6.42 Å². The van der Waals surface area contributed by atoms with E-state index in [-0.39, 0.29) is 24.8 Å². The van der Waals surface area contributed by atoms with Gasteiger partial charge in [-0.15, -0.1) is 24.8 Å². The molecule has 0 spiro atoms. The van der Waals surface area contributed by atoms with Crippen molar-refractivity contribution in [1.82, 2.24) is 4.98 Å². The molecule has 1 nitrogen and oxygen atoms in total. The number of allylic oxidation sites excluding steroid dienone is 4. The number of nitrogens with one attached hydrogen (secondary N) is 1. The van der Waals surface area contributed by atoms with E-state index in [4.69, 9.17) is 0 Å². The van der Waals surface area contributed by atoms with Gasteiger partial charge in [0, 0.05) is 0 Å². The van der Waals surface area contributed by atoms with Gasteiger partial charge >= 0.3 is 97.6 Å². The number of halogens is 2. The first-order chi connectivity index (χ1) is 7.16. The van der Waals surface area contributed by atoms with E-state index in [0.29, 0.717) is 0 Å². The van der Waals surface area contributed by atoms with Crippen molar-refractivity contribution in [2.24, 2.45) is 0 Å². The summed E-state index contributed by atoms with van der Waals surface area (Å²) >= 11 is -4.44. The van der Waals surface area contributed by atoms with Gasteiger partial charge < -0.3 is 0 Å². The molecule has 1 heterocycles. The second kappa shape index (κ2) is 3.11. The van der Waals surface area contributed by atoms with Gasteiger partial charge in [-0.2, -0.15) is 0 Å². The second-order valence-electron chi connectivity index (χ2n) is 12.2. The standard InChI is InChI=1S/C5H5.C4H4N.5CH3.2ClH.H2Si.Zr/c2*1-2-4-5-3-1;;;;;;;;;/h1-3H,4H2;1-3,5H;5*1H3;2*1H;1H2;. The van der Waals surface area contributed by atoms with Gasteiger partial charge in [-0.3, -0.25) is 0 Å². The fourth-order valence-corrected chi connectivity index (χ4v) is 18.1. The molecule has 1 aromatic rings. The summed E-state index contributed by atoms with van der Waals surface area (Å²) in [5.74, 6) is 0. The molecule has 0 bridgehead atoms. The Bertz CT molecular complexity index is 696. The molecule has 5 heteroatoms. The number of H-pyrrole nitrogens is 1. The van der Waals surface area contributed by atoms with Gasteiger partial charge in [0.2, 0.25) is 0 Å². The summed E-state index contributed by atoms with van der Waals surface area (Å²) in [6.45, 7) is 2.25.